The van der Waals surface area contributed by atoms with E-state index in [0.29, 0.717) is 52.3 Å². The molecule has 0 fully saturated rings. The molecule has 1 N–H and O–H groups in total. The number of anilines is 1. The van der Waals surface area contributed by atoms with Crippen LogP contribution in [0.3, 0.4) is 0 Å². The van der Waals surface area contributed by atoms with E-state index < -0.39 is 8.32 Å². The quantitative estimate of drug-likeness (QED) is 0.0605. The van der Waals surface area contributed by atoms with E-state index >= 15 is 0 Å². The normalized spacial score (nSPS) is 12.6. The van der Waals surface area contributed by atoms with Crippen LogP contribution >= 0.6 is 0 Å². The van der Waals surface area contributed by atoms with Gasteiger partial charge in [0.25, 0.3) is 0 Å². The van der Waals surface area contributed by atoms with Gasteiger partial charge in [-0.3, -0.25) is 9.59 Å². The molecule has 0 bridgehead atoms. The number of hydrogen-bond acceptors (Lipinski definition) is 8. The van der Waals surface area contributed by atoms with Gasteiger partial charge in [0.1, 0.15) is 5.69 Å². The molecule has 2 aromatic carbocycles. The van der Waals surface area contributed by atoms with Crippen LogP contribution in [-0.4, -0.2) is 87.4 Å². The first-order chi connectivity index (χ1) is 26.7. The van der Waals surface area contributed by atoms with E-state index in [4.69, 9.17) is 23.7 Å². The summed E-state index contributed by atoms with van der Waals surface area (Å²) in [5.74, 6) is -0.205. The van der Waals surface area contributed by atoms with Gasteiger partial charge in [-0.1, -0.05) is 99.0 Å². The number of hydrogen-bond donors (Lipinski definition) is 1. The average Bonchev–Trinajstić information content (AvgIpc) is 3.57. The second kappa shape index (κ2) is 24.3. The van der Waals surface area contributed by atoms with Gasteiger partial charge in [0, 0.05) is 49.8 Å². The molecule has 304 valence electrons. The minimum absolute atomic E-state index is 0.0590. The third-order valence-corrected chi connectivity index (χ3v) is 12.5. The number of carbonyl (C=O) groups excluding carboxylic acids is 2. The highest BCUT2D eigenvalue weighted by Crippen LogP contribution is 2.41. The summed E-state index contributed by atoms with van der Waals surface area (Å²) < 4.78 is 24.4. The number of unbranched alkanes of at least 4 members (excludes halogenated alkanes) is 8. The Bertz CT molecular complexity index is 1580. The zero-order valence-electron chi connectivity index (χ0n) is 34.3. The van der Waals surface area contributed by atoms with Gasteiger partial charge in [-0.05, 0) is 58.0 Å². The summed E-state index contributed by atoms with van der Waals surface area (Å²) in [5, 5.41) is 12.3. The highest BCUT2D eigenvalue weighted by molar-refractivity contribution is 6.71. The Morgan fingerprint density at radius 2 is 1.40 bits per heavy atom. The molecule has 4 rings (SSSR count). The Balaban J connectivity index is 1.27. The van der Waals surface area contributed by atoms with E-state index in [2.05, 4.69) is 55.7 Å². The van der Waals surface area contributed by atoms with Crippen molar-refractivity contribution >= 4 is 25.8 Å². The van der Waals surface area contributed by atoms with Crippen molar-refractivity contribution in [2.45, 2.75) is 130 Å². The van der Waals surface area contributed by atoms with E-state index in [-0.39, 0.29) is 31.2 Å². The number of amides is 2. The van der Waals surface area contributed by atoms with Gasteiger partial charge in [0.15, 0.2) is 8.32 Å². The number of nitrogens with one attached hydrogen (secondary N) is 1. The van der Waals surface area contributed by atoms with Crippen LogP contribution in [0.1, 0.15) is 97.0 Å². The fraction of sp³-hybridized carbons (Fsp3) is 0.628. The fourth-order valence-electron chi connectivity index (χ4n) is 7.22. The molecule has 1 aliphatic rings. The Morgan fingerprint density at radius 3 is 2.11 bits per heavy atom. The molecule has 1 aliphatic heterocycles. The average molecular weight is 778 g/mol. The van der Waals surface area contributed by atoms with Crippen molar-refractivity contribution in [3.05, 3.63) is 54.1 Å². The maximum absolute atomic E-state index is 13.9. The summed E-state index contributed by atoms with van der Waals surface area (Å²) in [6, 6.07) is 17.4. The number of carbonyl (C=O) groups is 2. The first-order valence-electron chi connectivity index (χ1n) is 20.8. The molecule has 0 atom stereocenters. The molecule has 0 aliphatic carbocycles. The maximum atomic E-state index is 13.9. The second-order valence-corrected chi connectivity index (χ2v) is 19.5. The Labute approximate surface area is 331 Å². The summed E-state index contributed by atoms with van der Waals surface area (Å²) in [6.45, 7) is 15.3. The second-order valence-electron chi connectivity index (χ2n) is 15.3. The largest absolute Gasteiger partial charge is 0.415 e. The molecule has 0 spiro atoms. The lowest BCUT2D eigenvalue weighted by Crippen LogP contribution is -2.35. The number of fused-ring (bicyclic) bond motifs is 5. The van der Waals surface area contributed by atoms with Gasteiger partial charge in [-0.15, -0.1) is 5.10 Å². The number of aromatic nitrogens is 3. The van der Waals surface area contributed by atoms with Gasteiger partial charge in [-0.2, -0.15) is 0 Å². The Morgan fingerprint density at radius 1 is 0.782 bits per heavy atom. The smallest absolute Gasteiger partial charge is 0.229 e. The molecule has 12 heteroatoms. The number of nitrogens with zero attached hydrogens (tertiary/aromatic N) is 4. The number of benzene rings is 2. The predicted octanol–water partition coefficient (Wildman–Crippen LogP) is 8.57. The number of aryl methyl sites for hydroxylation is 1. The van der Waals surface area contributed by atoms with E-state index in [1.54, 1.807) is 0 Å². The van der Waals surface area contributed by atoms with E-state index in [1.807, 2.05) is 46.8 Å². The summed E-state index contributed by atoms with van der Waals surface area (Å²) in [5.41, 5.74) is 5.56. The SMILES string of the molecule is CCOCCOCCOCCC(=O)NCCC(=O)N1Cc2ccccc2-c2nnn(CCCCCCCCCCC[Si](C)(C)OC(C)C)c2-c2ccccc21. The van der Waals surface area contributed by atoms with Crippen LogP contribution in [0.5, 0.6) is 0 Å². The lowest BCUT2D eigenvalue weighted by atomic mass is 9.95. The van der Waals surface area contributed by atoms with E-state index in [0.717, 1.165) is 53.2 Å². The fourth-order valence-corrected chi connectivity index (χ4v) is 9.72. The Kier molecular flexibility index (Phi) is 19.5. The van der Waals surface area contributed by atoms with Gasteiger partial charge < -0.3 is 28.9 Å². The van der Waals surface area contributed by atoms with Crippen molar-refractivity contribution in [2.24, 2.45) is 0 Å². The van der Waals surface area contributed by atoms with Gasteiger partial charge >= 0.3 is 0 Å². The first-order valence-corrected chi connectivity index (χ1v) is 23.9. The monoisotopic (exact) mass is 777 g/mol. The predicted molar refractivity (Wildman–Crippen MR) is 223 cm³/mol. The van der Waals surface area contributed by atoms with Gasteiger partial charge in [-0.25, -0.2) is 4.68 Å². The molecule has 55 heavy (non-hydrogen) atoms. The highest BCUT2D eigenvalue weighted by atomic mass is 28.4. The van der Waals surface area contributed by atoms with Crippen molar-refractivity contribution in [2.75, 3.05) is 51.1 Å². The van der Waals surface area contributed by atoms with Gasteiger partial charge in [0.2, 0.25) is 11.8 Å². The topological polar surface area (TPSA) is 117 Å². The summed E-state index contributed by atoms with van der Waals surface area (Å²) in [6.07, 6.45) is 11.9. The molecule has 11 nitrogen and oxygen atoms in total. The van der Waals surface area contributed by atoms with Crippen LogP contribution < -0.4 is 10.2 Å². The van der Waals surface area contributed by atoms with E-state index in [9.17, 15) is 9.59 Å². The summed E-state index contributed by atoms with van der Waals surface area (Å²) in [4.78, 5) is 28.2. The first kappa shape index (κ1) is 44.3. The molecule has 2 heterocycles. The van der Waals surface area contributed by atoms with Crippen LogP contribution in [-0.2, 0) is 41.3 Å². The van der Waals surface area contributed by atoms with Crippen LogP contribution in [0.15, 0.2) is 48.5 Å². The van der Waals surface area contributed by atoms with Crippen molar-refractivity contribution < 1.29 is 28.2 Å². The standard InChI is InChI=1S/C43H67N5O6Si/c1-6-51-29-30-53-32-31-52-28-25-40(49)44-26-24-41(50)47-34-36-20-14-15-21-37(36)42-43(38-22-16-17-23-39(38)47)48(46-45-42)27-18-12-10-8-7-9-11-13-19-33-55(4,5)54-35(2)3/h14-17,20-23,35H,6-13,18-19,24-34H2,1-5H3,(H,44,49). The molecule has 3 aromatic rings. The zero-order chi connectivity index (χ0) is 39.3. The van der Waals surface area contributed by atoms with Gasteiger partial charge in [0.05, 0.1) is 51.0 Å². The third-order valence-electron chi connectivity index (χ3n) is 9.87. The number of para-hydroxylation sites is 1. The number of rotatable bonds is 27. The van der Waals surface area contributed by atoms with Crippen LogP contribution in [0.4, 0.5) is 5.69 Å². The zero-order valence-corrected chi connectivity index (χ0v) is 35.3. The van der Waals surface area contributed by atoms with Crippen LogP contribution in [0.2, 0.25) is 19.1 Å². The van der Waals surface area contributed by atoms with Crippen LogP contribution in [0, 0.1) is 0 Å². The minimum atomic E-state index is -1.51. The highest BCUT2D eigenvalue weighted by Gasteiger charge is 2.29. The van der Waals surface area contributed by atoms with Crippen molar-refractivity contribution in [1.82, 2.24) is 20.3 Å². The Hall–Kier alpha value is -3.42. The molecule has 0 saturated heterocycles. The molecular formula is C43H67N5O6Si. The van der Waals surface area contributed by atoms with Crippen molar-refractivity contribution in [1.29, 1.82) is 0 Å². The number of ether oxygens (including phenoxy) is 3. The molecule has 1 aromatic heterocycles. The van der Waals surface area contributed by atoms with Crippen LogP contribution in [0.25, 0.3) is 22.5 Å². The summed E-state index contributed by atoms with van der Waals surface area (Å²) >= 11 is 0. The van der Waals surface area contributed by atoms with Crippen molar-refractivity contribution in [3.63, 3.8) is 0 Å². The molecule has 0 radical (unpaired) electrons. The maximum Gasteiger partial charge on any atom is 0.229 e. The molecule has 2 amide bonds. The lowest BCUT2D eigenvalue weighted by molar-refractivity contribution is -0.122. The molecule has 0 saturated carbocycles. The summed E-state index contributed by atoms with van der Waals surface area (Å²) in [7, 11) is -1.51. The van der Waals surface area contributed by atoms with E-state index in [1.165, 1.54) is 51.0 Å². The third kappa shape index (κ3) is 15.2. The molecule has 0 unspecified atom stereocenters. The lowest BCUT2D eigenvalue weighted by Gasteiger charge is -2.29. The minimum Gasteiger partial charge on any atom is -0.415 e. The van der Waals surface area contributed by atoms with Crippen molar-refractivity contribution in [3.8, 4) is 22.5 Å². The molecular weight excluding hydrogens is 711 g/mol.